The number of urea groups is 1. The lowest BCUT2D eigenvalue weighted by molar-refractivity contribution is -0.120. The summed E-state index contributed by atoms with van der Waals surface area (Å²) >= 11 is 0. The number of nitrogens with one attached hydrogen (secondary N) is 1. The van der Waals surface area contributed by atoms with E-state index in [1.54, 1.807) is 0 Å². The number of carbonyl (C=O) groups excluding carboxylic acids is 2. The quantitative estimate of drug-likeness (QED) is 0.845. The molecule has 0 unspecified atom stereocenters. The minimum absolute atomic E-state index is 0.147. The van der Waals surface area contributed by atoms with Gasteiger partial charge in [0.25, 0.3) is 0 Å². The van der Waals surface area contributed by atoms with Crippen LogP contribution in [-0.4, -0.2) is 54.5 Å². The fourth-order valence-electron chi connectivity index (χ4n) is 2.87. The van der Waals surface area contributed by atoms with Crippen molar-refractivity contribution < 1.29 is 18.4 Å². The van der Waals surface area contributed by atoms with Gasteiger partial charge in [0, 0.05) is 56.8 Å². The maximum atomic E-state index is 13.9. The maximum Gasteiger partial charge on any atom is 0.318 e. The number of rotatable bonds is 5. The molecule has 0 spiro atoms. The number of nitrogens with two attached hydrogens (primary N) is 1. The van der Waals surface area contributed by atoms with Gasteiger partial charge in [0.05, 0.1) is 0 Å². The number of hydrogen-bond donors (Lipinski definition) is 2. The van der Waals surface area contributed by atoms with E-state index in [2.05, 4.69) is 9.80 Å². The topological polar surface area (TPSA) is 78.7 Å². The molecule has 0 saturated carbocycles. The van der Waals surface area contributed by atoms with Gasteiger partial charge in [-0.05, 0) is 13.0 Å². The third kappa shape index (κ3) is 4.97. The first-order valence-electron chi connectivity index (χ1n) is 7.87. The Balaban J connectivity index is 1.81. The summed E-state index contributed by atoms with van der Waals surface area (Å²) in [6.45, 7) is 5.33. The standard InChI is InChI=1S/C16H22F2N4O2/c1-11(13-3-2-12(17)10-14(13)18)22-8-6-21(7-9-22)5-4-15(23)20-16(19)24/h2-3,10-11H,4-9H2,1H3,(H3,19,20,23,24)/t11-/m0/s1. The number of piperazine rings is 1. The van der Waals surface area contributed by atoms with E-state index in [0.717, 1.165) is 32.2 Å². The molecule has 0 radical (unpaired) electrons. The molecular weight excluding hydrogens is 318 g/mol. The fourth-order valence-corrected chi connectivity index (χ4v) is 2.87. The van der Waals surface area contributed by atoms with Gasteiger partial charge >= 0.3 is 6.03 Å². The summed E-state index contributed by atoms with van der Waals surface area (Å²) in [6, 6.07) is 2.66. The lowest BCUT2D eigenvalue weighted by atomic mass is 10.1. The van der Waals surface area contributed by atoms with Crippen LogP contribution in [0.1, 0.15) is 24.9 Å². The molecular formula is C16H22F2N4O2. The first kappa shape index (κ1) is 18.3. The van der Waals surface area contributed by atoms with Crippen LogP contribution in [0.15, 0.2) is 18.2 Å². The number of carbonyl (C=O) groups is 2. The predicted octanol–water partition coefficient (Wildman–Crippen LogP) is 1.23. The first-order chi connectivity index (χ1) is 11.4. The molecule has 1 aliphatic heterocycles. The lowest BCUT2D eigenvalue weighted by Crippen LogP contribution is -2.48. The van der Waals surface area contributed by atoms with Crippen LogP contribution in [0.4, 0.5) is 13.6 Å². The molecule has 3 amide bonds. The van der Waals surface area contributed by atoms with E-state index in [9.17, 15) is 18.4 Å². The van der Waals surface area contributed by atoms with Crippen LogP contribution < -0.4 is 11.1 Å². The van der Waals surface area contributed by atoms with Crippen molar-refractivity contribution in [1.29, 1.82) is 0 Å². The summed E-state index contributed by atoms with van der Waals surface area (Å²) < 4.78 is 26.9. The summed E-state index contributed by atoms with van der Waals surface area (Å²) in [5.41, 5.74) is 5.36. The van der Waals surface area contributed by atoms with Crippen LogP contribution in [0, 0.1) is 11.6 Å². The van der Waals surface area contributed by atoms with Crippen LogP contribution >= 0.6 is 0 Å². The molecule has 1 aromatic rings. The molecule has 1 aromatic carbocycles. The zero-order valence-electron chi connectivity index (χ0n) is 13.6. The van der Waals surface area contributed by atoms with Crippen molar-refractivity contribution in [1.82, 2.24) is 15.1 Å². The highest BCUT2D eigenvalue weighted by molar-refractivity contribution is 5.93. The second-order valence-electron chi connectivity index (χ2n) is 5.88. The second kappa shape index (κ2) is 8.16. The normalized spacial score (nSPS) is 17.5. The monoisotopic (exact) mass is 340 g/mol. The van der Waals surface area contributed by atoms with E-state index in [4.69, 9.17) is 5.73 Å². The third-order valence-corrected chi connectivity index (χ3v) is 4.28. The summed E-state index contributed by atoms with van der Waals surface area (Å²) in [4.78, 5) is 26.2. The first-order valence-corrected chi connectivity index (χ1v) is 7.87. The minimum atomic E-state index is -0.847. The van der Waals surface area contributed by atoms with Crippen LogP contribution in [-0.2, 0) is 4.79 Å². The van der Waals surface area contributed by atoms with Crippen LogP contribution in [0.3, 0.4) is 0 Å². The molecule has 1 atom stereocenters. The van der Waals surface area contributed by atoms with E-state index in [1.807, 2.05) is 12.2 Å². The Morgan fingerprint density at radius 2 is 1.92 bits per heavy atom. The van der Waals surface area contributed by atoms with E-state index >= 15 is 0 Å². The fraction of sp³-hybridized carbons (Fsp3) is 0.500. The Labute approximate surface area is 139 Å². The van der Waals surface area contributed by atoms with Crippen molar-refractivity contribution in [2.45, 2.75) is 19.4 Å². The SMILES string of the molecule is C[C@@H](c1ccc(F)cc1F)N1CCN(CCC(=O)NC(N)=O)CC1. The molecule has 132 valence electrons. The summed E-state index contributed by atoms with van der Waals surface area (Å²) in [5.74, 6) is -1.51. The third-order valence-electron chi connectivity index (χ3n) is 4.28. The zero-order valence-corrected chi connectivity index (χ0v) is 13.6. The molecule has 24 heavy (non-hydrogen) atoms. The van der Waals surface area contributed by atoms with Crippen LogP contribution in [0.5, 0.6) is 0 Å². The molecule has 1 saturated heterocycles. The highest BCUT2D eigenvalue weighted by Gasteiger charge is 2.24. The number of nitrogens with zero attached hydrogens (tertiary/aromatic N) is 2. The molecule has 1 heterocycles. The van der Waals surface area contributed by atoms with Crippen molar-refractivity contribution in [3.63, 3.8) is 0 Å². The molecule has 3 N–H and O–H groups in total. The summed E-state index contributed by atoms with van der Waals surface area (Å²) in [5, 5.41) is 2.03. The second-order valence-corrected chi connectivity index (χ2v) is 5.88. The van der Waals surface area contributed by atoms with Gasteiger partial charge in [-0.15, -0.1) is 0 Å². The Kier molecular flexibility index (Phi) is 6.22. The Morgan fingerprint density at radius 3 is 2.50 bits per heavy atom. The molecule has 8 heteroatoms. The zero-order chi connectivity index (χ0) is 17.7. The molecule has 0 aromatic heterocycles. The van der Waals surface area contributed by atoms with Gasteiger partial charge in [-0.25, -0.2) is 13.6 Å². The Bertz CT molecular complexity index is 604. The van der Waals surface area contributed by atoms with Crippen molar-refractivity contribution in [2.75, 3.05) is 32.7 Å². The average molecular weight is 340 g/mol. The molecule has 6 nitrogen and oxygen atoms in total. The molecule has 1 fully saturated rings. The number of hydrogen-bond acceptors (Lipinski definition) is 4. The molecule has 0 aliphatic carbocycles. The number of halogens is 2. The van der Waals surface area contributed by atoms with E-state index in [0.29, 0.717) is 12.1 Å². The minimum Gasteiger partial charge on any atom is -0.351 e. The largest absolute Gasteiger partial charge is 0.351 e. The Morgan fingerprint density at radius 1 is 1.25 bits per heavy atom. The van der Waals surface area contributed by atoms with Crippen molar-refractivity contribution >= 4 is 11.9 Å². The number of amides is 3. The van der Waals surface area contributed by atoms with E-state index in [-0.39, 0.29) is 12.5 Å². The van der Waals surface area contributed by atoms with Gasteiger partial charge in [-0.1, -0.05) is 6.07 Å². The number of primary amides is 1. The van der Waals surface area contributed by atoms with Crippen LogP contribution in [0.2, 0.25) is 0 Å². The number of benzene rings is 1. The van der Waals surface area contributed by atoms with Gasteiger partial charge < -0.3 is 10.6 Å². The number of imide groups is 1. The van der Waals surface area contributed by atoms with Crippen molar-refractivity contribution in [3.8, 4) is 0 Å². The van der Waals surface area contributed by atoms with Gasteiger partial charge in [0.2, 0.25) is 5.91 Å². The molecule has 1 aliphatic rings. The van der Waals surface area contributed by atoms with Gasteiger partial charge in [0.1, 0.15) is 11.6 Å². The van der Waals surface area contributed by atoms with E-state index in [1.165, 1.54) is 12.1 Å². The smallest absolute Gasteiger partial charge is 0.318 e. The van der Waals surface area contributed by atoms with Crippen molar-refractivity contribution in [2.24, 2.45) is 5.73 Å². The van der Waals surface area contributed by atoms with Gasteiger partial charge in [0.15, 0.2) is 0 Å². The highest BCUT2D eigenvalue weighted by atomic mass is 19.1. The average Bonchev–Trinajstić information content (AvgIpc) is 2.52. The maximum absolute atomic E-state index is 13.9. The molecule has 0 bridgehead atoms. The van der Waals surface area contributed by atoms with E-state index < -0.39 is 23.6 Å². The Hall–Kier alpha value is -2.06. The van der Waals surface area contributed by atoms with Crippen LogP contribution in [0.25, 0.3) is 0 Å². The summed E-state index contributed by atoms with van der Waals surface area (Å²) in [7, 11) is 0. The summed E-state index contributed by atoms with van der Waals surface area (Å²) in [6.07, 6.45) is 0.199. The highest BCUT2D eigenvalue weighted by Crippen LogP contribution is 2.24. The van der Waals surface area contributed by atoms with Gasteiger partial charge in [-0.3, -0.25) is 15.0 Å². The molecule has 2 rings (SSSR count). The lowest BCUT2D eigenvalue weighted by Gasteiger charge is -2.38. The van der Waals surface area contributed by atoms with Gasteiger partial charge in [-0.2, -0.15) is 0 Å². The predicted molar refractivity (Wildman–Crippen MR) is 85.1 cm³/mol. The van der Waals surface area contributed by atoms with Crippen molar-refractivity contribution in [3.05, 3.63) is 35.4 Å².